The monoisotopic (exact) mass is 253 g/mol. The van der Waals surface area contributed by atoms with Crippen LogP contribution in [0, 0.1) is 5.41 Å². The fourth-order valence-corrected chi connectivity index (χ4v) is 2.05. The smallest absolute Gasteiger partial charge is 0.122 e. The predicted molar refractivity (Wildman–Crippen MR) is 79.1 cm³/mol. The summed E-state index contributed by atoms with van der Waals surface area (Å²) >= 11 is 0. The van der Waals surface area contributed by atoms with Gasteiger partial charge in [-0.15, -0.1) is 0 Å². The molecule has 0 saturated carbocycles. The molecule has 0 aliphatic heterocycles. The molecule has 0 aliphatic rings. The van der Waals surface area contributed by atoms with Crippen molar-refractivity contribution < 1.29 is 0 Å². The Kier molecular flexibility index (Phi) is 4.31. The van der Waals surface area contributed by atoms with Gasteiger partial charge < -0.3 is 5.73 Å². The molecular formula is C16H19N3. The maximum Gasteiger partial charge on any atom is 0.122 e. The zero-order chi connectivity index (χ0) is 13.7. The fraction of sp³-hybridized carbons (Fsp3) is 0.188. The van der Waals surface area contributed by atoms with Crippen LogP contribution in [0.5, 0.6) is 0 Å². The van der Waals surface area contributed by atoms with E-state index in [1.807, 2.05) is 30.3 Å². The number of nitrogens with one attached hydrogen (secondary N) is 1. The van der Waals surface area contributed by atoms with Crippen LogP contribution in [0.2, 0.25) is 0 Å². The second kappa shape index (κ2) is 6.16. The molecule has 2 rings (SSSR count). The second-order valence-electron chi connectivity index (χ2n) is 4.77. The van der Waals surface area contributed by atoms with Crippen LogP contribution in [0.3, 0.4) is 0 Å². The van der Waals surface area contributed by atoms with E-state index in [2.05, 4.69) is 36.2 Å². The van der Waals surface area contributed by atoms with Gasteiger partial charge in [0.1, 0.15) is 5.84 Å². The lowest BCUT2D eigenvalue weighted by Gasteiger charge is -2.17. The summed E-state index contributed by atoms with van der Waals surface area (Å²) in [6.45, 7) is 1.81. The molecule has 3 nitrogen and oxygen atoms in total. The van der Waals surface area contributed by atoms with Crippen LogP contribution in [0.1, 0.15) is 16.7 Å². The van der Waals surface area contributed by atoms with E-state index in [4.69, 9.17) is 11.1 Å². The minimum atomic E-state index is 0.115. The molecule has 0 radical (unpaired) electrons. The third-order valence-corrected chi connectivity index (χ3v) is 3.01. The summed E-state index contributed by atoms with van der Waals surface area (Å²) in [6.07, 6.45) is 0. The van der Waals surface area contributed by atoms with Gasteiger partial charge in [0.15, 0.2) is 0 Å². The van der Waals surface area contributed by atoms with E-state index in [9.17, 15) is 0 Å². The van der Waals surface area contributed by atoms with Crippen molar-refractivity contribution in [2.24, 2.45) is 5.73 Å². The normalized spacial score (nSPS) is 10.6. The summed E-state index contributed by atoms with van der Waals surface area (Å²) in [6, 6.07) is 18.3. The molecule has 0 aromatic heterocycles. The first kappa shape index (κ1) is 13.3. The zero-order valence-corrected chi connectivity index (χ0v) is 11.1. The molecule has 2 aromatic rings. The van der Waals surface area contributed by atoms with Gasteiger partial charge in [-0.1, -0.05) is 54.6 Å². The molecular weight excluding hydrogens is 234 g/mol. The maximum atomic E-state index is 7.36. The fourth-order valence-electron chi connectivity index (χ4n) is 2.05. The van der Waals surface area contributed by atoms with Crippen molar-refractivity contribution in [3.05, 3.63) is 71.3 Å². The lowest BCUT2D eigenvalue weighted by Crippen LogP contribution is -2.17. The van der Waals surface area contributed by atoms with Gasteiger partial charge in [-0.3, -0.25) is 10.3 Å². The van der Waals surface area contributed by atoms with Gasteiger partial charge in [0.25, 0.3) is 0 Å². The van der Waals surface area contributed by atoms with Crippen molar-refractivity contribution in [1.82, 2.24) is 4.90 Å². The van der Waals surface area contributed by atoms with Crippen LogP contribution in [-0.2, 0) is 13.1 Å². The molecule has 3 heteroatoms. The Morgan fingerprint density at radius 3 is 2.00 bits per heavy atom. The molecule has 0 atom stereocenters. The lowest BCUT2D eigenvalue weighted by atomic mass is 10.1. The van der Waals surface area contributed by atoms with Gasteiger partial charge in [0, 0.05) is 18.7 Å². The number of rotatable bonds is 5. The first-order chi connectivity index (χ1) is 9.15. The molecule has 98 valence electrons. The largest absolute Gasteiger partial charge is 0.384 e. The summed E-state index contributed by atoms with van der Waals surface area (Å²) in [5, 5.41) is 7.36. The van der Waals surface area contributed by atoms with Crippen LogP contribution in [0.15, 0.2) is 54.6 Å². The van der Waals surface area contributed by atoms with Crippen molar-refractivity contribution >= 4 is 5.84 Å². The molecule has 0 saturated heterocycles. The highest BCUT2D eigenvalue weighted by molar-refractivity contribution is 5.94. The Morgan fingerprint density at radius 2 is 1.47 bits per heavy atom. The number of hydrogen-bond acceptors (Lipinski definition) is 2. The summed E-state index contributed by atoms with van der Waals surface area (Å²) in [4.78, 5) is 2.26. The van der Waals surface area contributed by atoms with E-state index in [1.165, 1.54) is 11.1 Å². The lowest BCUT2D eigenvalue weighted by molar-refractivity contribution is 0.319. The van der Waals surface area contributed by atoms with Crippen LogP contribution in [0.25, 0.3) is 0 Å². The number of hydrogen-bond donors (Lipinski definition) is 2. The van der Waals surface area contributed by atoms with E-state index in [-0.39, 0.29) is 5.84 Å². The Balaban J connectivity index is 1.95. The third kappa shape index (κ3) is 3.93. The molecule has 2 aromatic carbocycles. The molecule has 3 N–H and O–H groups in total. The Labute approximate surface area is 114 Å². The van der Waals surface area contributed by atoms with E-state index in [1.54, 1.807) is 0 Å². The molecule has 0 fully saturated rings. The average Bonchev–Trinajstić information content (AvgIpc) is 2.40. The summed E-state index contributed by atoms with van der Waals surface area (Å²) in [5.41, 5.74) is 8.75. The van der Waals surface area contributed by atoms with Gasteiger partial charge in [0.2, 0.25) is 0 Å². The molecule has 19 heavy (non-hydrogen) atoms. The SMILES string of the molecule is CN(Cc1ccccc1)Cc1ccc(C(=N)N)cc1. The number of nitrogens with two attached hydrogens (primary N) is 1. The summed E-state index contributed by atoms with van der Waals surface area (Å²) in [7, 11) is 2.10. The van der Waals surface area contributed by atoms with Crippen molar-refractivity contribution in [2.75, 3.05) is 7.05 Å². The molecule has 0 amide bonds. The average molecular weight is 253 g/mol. The van der Waals surface area contributed by atoms with Crippen molar-refractivity contribution in [1.29, 1.82) is 5.41 Å². The van der Waals surface area contributed by atoms with Crippen LogP contribution in [-0.4, -0.2) is 17.8 Å². The van der Waals surface area contributed by atoms with Gasteiger partial charge >= 0.3 is 0 Å². The number of nitrogens with zero attached hydrogens (tertiary/aromatic N) is 1. The topological polar surface area (TPSA) is 53.1 Å². The van der Waals surface area contributed by atoms with Crippen molar-refractivity contribution in [3.8, 4) is 0 Å². The van der Waals surface area contributed by atoms with E-state index in [0.717, 1.165) is 18.7 Å². The second-order valence-corrected chi connectivity index (χ2v) is 4.77. The molecule has 0 spiro atoms. The summed E-state index contributed by atoms with van der Waals surface area (Å²) < 4.78 is 0. The standard InChI is InChI=1S/C16H19N3/c1-19(11-13-5-3-2-4-6-13)12-14-7-9-15(10-8-14)16(17)18/h2-10H,11-12H2,1H3,(H3,17,18). The maximum absolute atomic E-state index is 7.36. The van der Waals surface area contributed by atoms with Crippen molar-refractivity contribution in [3.63, 3.8) is 0 Å². The number of amidine groups is 1. The molecule has 0 unspecified atom stereocenters. The number of benzene rings is 2. The Bertz CT molecular complexity index is 532. The highest BCUT2D eigenvalue weighted by Gasteiger charge is 2.02. The van der Waals surface area contributed by atoms with Gasteiger partial charge in [-0.05, 0) is 18.2 Å². The quantitative estimate of drug-likeness (QED) is 0.635. The summed E-state index contributed by atoms with van der Waals surface area (Å²) in [5.74, 6) is 0.115. The molecule has 0 aliphatic carbocycles. The zero-order valence-electron chi connectivity index (χ0n) is 11.1. The number of nitrogen functional groups attached to an aromatic ring is 1. The van der Waals surface area contributed by atoms with Gasteiger partial charge in [-0.2, -0.15) is 0 Å². The predicted octanol–water partition coefficient (Wildman–Crippen LogP) is 2.60. The van der Waals surface area contributed by atoms with Crippen LogP contribution >= 0.6 is 0 Å². The molecule has 0 bridgehead atoms. The molecule has 0 heterocycles. The Hall–Kier alpha value is -2.13. The van der Waals surface area contributed by atoms with Gasteiger partial charge in [-0.25, -0.2) is 0 Å². The minimum Gasteiger partial charge on any atom is -0.384 e. The van der Waals surface area contributed by atoms with E-state index < -0.39 is 0 Å². The first-order valence-corrected chi connectivity index (χ1v) is 6.31. The van der Waals surface area contributed by atoms with Gasteiger partial charge in [0.05, 0.1) is 0 Å². The van der Waals surface area contributed by atoms with Crippen molar-refractivity contribution in [2.45, 2.75) is 13.1 Å². The van der Waals surface area contributed by atoms with Crippen LogP contribution in [0.4, 0.5) is 0 Å². The highest BCUT2D eigenvalue weighted by atomic mass is 15.1. The van der Waals surface area contributed by atoms with Crippen LogP contribution < -0.4 is 5.73 Å². The van der Waals surface area contributed by atoms with E-state index >= 15 is 0 Å². The highest BCUT2D eigenvalue weighted by Crippen LogP contribution is 2.09. The van der Waals surface area contributed by atoms with E-state index in [0.29, 0.717) is 0 Å². The first-order valence-electron chi connectivity index (χ1n) is 6.31. The minimum absolute atomic E-state index is 0.115. The Morgan fingerprint density at radius 1 is 0.947 bits per heavy atom. The third-order valence-electron chi connectivity index (χ3n) is 3.01.